The molecule has 6 nitrogen and oxygen atoms in total. The van der Waals surface area contributed by atoms with Gasteiger partial charge >= 0.3 is 0 Å². The van der Waals surface area contributed by atoms with E-state index >= 15 is 0 Å². The third-order valence-electron chi connectivity index (χ3n) is 3.42. The first kappa shape index (κ1) is 16.8. The van der Waals surface area contributed by atoms with Crippen molar-refractivity contribution in [1.29, 1.82) is 0 Å². The third-order valence-corrected chi connectivity index (χ3v) is 3.42. The smallest absolute Gasteiger partial charge is 0.248 e. The molecule has 1 aliphatic heterocycles. The van der Waals surface area contributed by atoms with Crippen LogP contribution in [0.2, 0.25) is 0 Å². The standard InChI is InChI=1S/C14H25N3O3/c1-6-7-20-17(4)13-9-16(3)11(10-19-5)8-12(13)14(18)15-2/h6,8,11,13H,1,7,9-10H2,2-5H3,(H,15,18)/t11-,13-/m0/s1. The van der Waals surface area contributed by atoms with E-state index in [1.807, 2.05) is 20.2 Å². The van der Waals surface area contributed by atoms with Gasteiger partial charge in [-0.2, -0.15) is 5.06 Å². The van der Waals surface area contributed by atoms with Crippen molar-refractivity contribution in [3.8, 4) is 0 Å². The van der Waals surface area contributed by atoms with E-state index in [4.69, 9.17) is 9.57 Å². The first-order valence-corrected chi connectivity index (χ1v) is 6.64. The van der Waals surface area contributed by atoms with Gasteiger partial charge in [-0.15, -0.1) is 6.58 Å². The summed E-state index contributed by atoms with van der Waals surface area (Å²) in [5, 5.41) is 4.39. The molecule has 20 heavy (non-hydrogen) atoms. The molecule has 2 atom stereocenters. The van der Waals surface area contributed by atoms with Gasteiger partial charge in [0.05, 0.1) is 25.3 Å². The minimum Gasteiger partial charge on any atom is -0.383 e. The Morgan fingerprint density at radius 1 is 1.70 bits per heavy atom. The zero-order valence-corrected chi connectivity index (χ0v) is 12.8. The maximum atomic E-state index is 12.1. The van der Waals surface area contributed by atoms with Crippen LogP contribution in [0.15, 0.2) is 24.3 Å². The number of methoxy groups -OCH3 is 1. The topological polar surface area (TPSA) is 54.0 Å². The summed E-state index contributed by atoms with van der Waals surface area (Å²) in [6.07, 6.45) is 3.63. The second-order valence-corrected chi connectivity index (χ2v) is 4.81. The second-order valence-electron chi connectivity index (χ2n) is 4.81. The summed E-state index contributed by atoms with van der Waals surface area (Å²) in [7, 11) is 7.13. The van der Waals surface area contributed by atoms with Crippen molar-refractivity contribution in [2.75, 3.05) is 48.0 Å². The lowest BCUT2D eigenvalue weighted by Crippen LogP contribution is -2.52. The highest BCUT2D eigenvalue weighted by atomic mass is 16.7. The summed E-state index contributed by atoms with van der Waals surface area (Å²) in [6.45, 7) is 5.29. The molecule has 1 N–H and O–H groups in total. The highest BCUT2D eigenvalue weighted by Gasteiger charge is 2.33. The van der Waals surface area contributed by atoms with Gasteiger partial charge in [0.25, 0.3) is 0 Å². The number of carbonyl (C=O) groups excluding carboxylic acids is 1. The van der Waals surface area contributed by atoms with E-state index in [9.17, 15) is 4.79 Å². The molecule has 1 rings (SSSR count). The van der Waals surface area contributed by atoms with Crippen molar-refractivity contribution in [2.45, 2.75) is 12.1 Å². The van der Waals surface area contributed by atoms with Crippen LogP contribution in [0.1, 0.15) is 0 Å². The largest absolute Gasteiger partial charge is 0.383 e. The summed E-state index contributed by atoms with van der Waals surface area (Å²) in [4.78, 5) is 19.8. The summed E-state index contributed by atoms with van der Waals surface area (Å²) in [6, 6.07) is -0.0237. The number of ether oxygens (including phenoxy) is 1. The van der Waals surface area contributed by atoms with E-state index < -0.39 is 0 Å². The molecule has 0 fully saturated rings. The summed E-state index contributed by atoms with van der Waals surface area (Å²) in [5.74, 6) is -0.0849. The van der Waals surface area contributed by atoms with Gasteiger partial charge in [0.2, 0.25) is 5.91 Å². The second kappa shape index (κ2) is 8.16. The predicted molar refractivity (Wildman–Crippen MR) is 78.1 cm³/mol. The SMILES string of the molecule is C=CCON(C)[C@H]1CN(C)[C@H](COC)C=C1C(=O)NC. The fourth-order valence-corrected chi connectivity index (χ4v) is 2.24. The van der Waals surface area contributed by atoms with Crippen LogP contribution in [-0.2, 0) is 14.4 Å². The number of nitrogens with zero attached hydrogens (tertiary/aromatic N) is 2. The Balaban J connectivity index is 2.93. The van der Waals surface area contributed by atoms with Crippen LogP contribution in [0.25, 0.3) is 0 Å². The van der Waals surface area contributed by atoms with E-state index in [0.717, 1.165) is 0 Å². The number of nitrogens with one attached hydrogen (secondary N) is 1. The molecular formula is C14H25N3O3. The van der Waals surface area contributed by atoms with Gasteiger partial charge in [0.15, 0.2) is 0 Å². The van der Waals surface area contributed by atoms with E-state index in [1.54, 1.807) is 25.3 Å². The van der Waals surface area contributed by atoms with Gasteiger partial charge in [0, 0.05) is 33.3 Å². The molecule has 0 aromatic heterocycles. The Bertz CT molecular complexity index is 371. The number of likely N-dealkylation sites (N-methyl/N-ethyl adjacent to an activating group) is 3. The Labute approximate surface area is 121 Å². The van der Waals surface area contributed by atoms with Crippen LogP contribution < -0.4 is 5.32 Å². The molecule has 1 heterocycles. The fraction of sp³-hybridized carbons (Fsp3) is 0.643. The number of hydrogen-bond acceptors (Lipinski definition) is 5. The lowest BCUT2D eigenvalue weighted by Gasteiger charge is -2.38. The summed E-state index contributed by atoms with van der Waals surface area (Å²) in [5.41, 5.74) is 0.708. The molecule has 0 aliphatic carbocycles. The maximum Gasteiger partial charge on any atom is 0.248 e. The lowest BCUT2D eigenvalue weighted by atomic mass is 9.97. The van der Waals surface area contributed by atoms with Crippen molar-refractivity contribution < 1.29 is 14.4 Å². The normalized spacial score (nSPS) is 23.6. The average molecular weight is 283 g/mol. The van der Waals surface area contributed by atoms with Crippen molar-refractivity contribution >= 4 is 5.91 Å². The molecule has 0 unspecified atom stereocenters. The van der Waals surface area contributed by atoms with Crippen molar-refractivity contribution in [3.63, 3.8) is 0 Å². The zero-order chi connectivity index (χ0) is 15.1. The molecule has 0 spiro atoms. The first-order valence-electron chi connectivity index (χ1n) is 6.64. The quantitative estimate of drug-likeness (QED) is 0.528. The van der Waals surface area contributed by atoms with Gasteiger partial charge in [0.1, 0.15) is 0 Å². The Hall–Kier alpha value is -1.21. The molecule has 0 bridgehead atoms. The van der Waals surface area contributed by atoms with Crippen LogP contribution in [0.5, 0.6) is 0 Å². The monoisotopic (exact) mass is 283 g/mol. The molecular weight excluding hydrogens is 258 g/mol. The molecule has 0 saturated heterocycles. The molecule has 6 heteroatoms. The van der Waals surface area contributed by atoms with Crippen LogP contribution in [0, 0.1) is 0 Å². The van der Waals surface area contributed by atoms with Crippen LogP contribution >= 0.6 is 0 Å². The highest BCUT2D eigenvalue weighted by Crippen LogP contribution is 2.20. The molecule has 0 aromatic carbocycles. The number of hydrogen-bond donors (Lipinski definition) is 1. The molecule has 0 radical (unpaired) electrons. The van der Waals surface area contributed by atoms with Crippen LogP contribution in [0.4, 0.5) is 0 Å². The zero-order valence-electron chi connectivity index (χ0n) is 12.8. The molecule has 1 aliphatic rings. The number of hydroxylamine groups is 2. The number of rotatable bonds is 7. The van der Waals surface area contributed by atoms with Crippen LogP contribution in [0.3, 0.4) is 0 Å². The molecule has 0 saturated carbocycles. The molecule has 1 amide bonds. The van der Waals surface area contributed by atoms with Crippen LogP contribution in [-0.4, -0.2) is 76.0 Å². The molecule has 0 aromatic rings. The van der Waals surface area contributed by atoms with E-state index in [-0.39, 0.29) is 18.0 Å². The Morgan fingerprint density at radius 3 is 2.95 bits per heavy atom. The van der Waals surface area contributed by atoms with Gasteiger partial charge in [-0.3, -0.25) is 14.5 Å². The number of amides is 1. The predicted octanol–water partition coefficient (Wildman–Crippen LogP) is 0.0372. The minimum absolute atomic E-state index is 0.0849. The lowest BCUT2D eigenvalue weighted by molar-refractivity contribution is -0.157. The van der Waals surface area contributed by atoms with Crippen molar-refractivity contribution in [1.82, 2.24) is 15.3 Å². The van der Waals surface area contributed by atoms with Gasteiger partial charge in [-0.25, -0.2) is 0 Å². The highest BCUT2D eigenvalue weighted by molar-refractivity contribution is 5.94. The first-order chi connectivity index (χ1) is 9.54. The Kier molecular flexibility index (Phi) is 6.87. The molecule has 114 valence electrons. The van der Waals surface area contributed by atoms with Gasteiger partial charge < -0.3 is 10.1 Å². The summed E-state index contributed by atoms with van der Waals surface area (Å²) >= 11 is 0. The Morgan fingerprint density at radius 2 is 2.40 bits per heavy atom. The van der Waals surface area contributed by atoms with Crippen molar-refractivity contribution in [3.05, 3.63) is 24.3 Å². The average Bonchev–Trinajstić information content (AvgIpc) is 2.45. The van der Waals surface area contributed by atoms with Gasteiger partial charge in [-0.1, -0.05) is 12.2 Å². The third kappa shape index (κ3) is 4.14. The van der Waals surface area contributed by atoms with Gasteiger partial charge in [-0.05, 0) is 7.05 Å². The van der Waals surface area contributed by atoms with E-state index in [0.29, 0.717) is 25.3 Å². The fourth-order valence-electron chi connectivity index (χ4n) is 2.24. The maximum absolute atomic E-state index is 12.1. The minimum atomic E-state index is -0.118. The van der Waals surface area contributed by atoms with E-state index in [1.165, 1.54) is 0 Å². The number of carbonyl (C=O) groups is 1. The van der Waals surface area contributed by atoms with E-state index in [2.05, 4.69) is 16.8 Å². The summed E-state index contributed by atoms with van der Waals surface area (Å²) < 4.78 is 5.20. The van der Waals surface area contributed by atoms with Crippen molar-refractivity contribution in [2.24, 2.45) is 0 Å².